The minimum absolute atomic E-state index is 0.947. The summed E-state index contributed by atoms with van der Waals surface area (Å²) in [5.74, 6) is 0. The predicted octanol–water partition coefficient (Wildman–Crippen LogP) is 10.5. The summed E-state index contributed by atoms with van der Waals surface area (Å²) in [4.78, 5) is 6.20. The van der Waals surface area contributed by atoms with Gasteiger partial charge in [-0.05, 0) is 92.5 Å². The molecule has 2 heterocycles. The molecule has 0 N–H and O–H groups in total. The van der Waals surface area contributed by atoms with Crippen molar-refractivity contribution in [1.29, 1.82) is 0 Å². The van der Waals surface area contributed by atoms with E-state index in [1.807, 2.05) is 23.1 Å². The largest absolute Gasteiger partial charge is 0.335 e. The maximum absolute atomic E-state index is 2.45. The number of aromatic nitrogens is 1. The van der Waals surface area contributed by atoms with E-state index >= 15 is 0 Å². The van der Waals surface area contributed by atoms with Crippen molar-refractivity contribution in [3.63, 3.8) is 0 Å². The molecule has 2 aliphatic rings. The Labute approximate surface area is 268 Å². The zero-order valence-electron chi connectivity index (χ0n) is 25.2. The topological polar surface area (TPSA) is 10.4 Å². The van der Waals surface area contributed by atoms with Crippen LogP contribution in [-0.2, 0) is 6.54 Å². The van der Waals surface area contributed by atoms with Crippen molar-refractivity contribution in [3.8, 4) is 0 Å². The molecule has 1 aliphatic heterocycles. The molecule has 0 amide bonds. The van der Waals surface area contributed by atoms with Crippen LogP contribution in [0, 0.1) is 0 Å². The molecule has 44 heavy (non-hydrogen) atoms. The standard InChI is InChI=1S/C39H36N3S2/c1-3-40-33-19-11-13-21-35(33)43-37(40)27-25-29-23-24-30(26-28-38-41(4-2)34-20-12-14-22-36(34)44-38)39(29)42(31-15-7-5-8-16-31)32-17-9-6-10-18-32/h5-22,25-28H,3-4,23-24H2,1-2H3/q+1. The molecule has 0 spiro atoms. The molecule has 4 aromatic carbocycles. The number of para-hydroxylation sites is 4. The molecule has 218 valence electrons. The van der Waals surface area contributed by atoms with Crippen LogP contribution < -0.4 is 14.4 Å². The Kier molecular flexibility index (Phi) is 8.23. The van der Waals surface area contributed by atoms with Gasteiger partial charge in [-0.3, -0.25) is 0 Å². The van der Waals surface area contributed by atoms with Crippen LogP contribution in [0.25, 0.3) is 16.3 Å². The number of fused-ring (bicyclic) bond motifs is 2. The van der Waals surface area contributed by atoms with E-state index in [0.29, 0.717) is 0 Å². The lowest BCUT2D eigenvalue weighted by Crippen LogP contribution is -2.33. The van der Waals surface area contributed by atoms with Crippen molar-refractivity contribution in [3.05, 3.63) is 154 Å². The lowest BCUT2D eigenvalue weighted by Gasteiger charge is -2.28. The van der Waals surface area contributed by atoms with Gasteiger partial charge in [0.05, 0.1) is 16.4 Å². The molecule has 0 radical (unpaired) electrons. The van der Waals surface area contributed by atoms with Gasteiger partial charge in [-0.2, -0.15) is 4.57 Å². The highest BCUT2D eigenvalue weighted by molar-refractivity contribution is 8.03. The van der Waals surface area contributed by atoms with Gasteiger partial charge in [-0.25, -0.2) is 0 Å². The third kappa shape index (κ3) is 5.42. The monoisotopic (exact) mass is 610 g/mol. The Morgan fingerprint density at radius 1 is 0.750 bits per heavy atom. The molecule has 7 rings (SSSR count). The maximum atomic E-state index is 2.45. The number of allylic oxidation sites excluding steroid dienone is 5. The number of thiazole rings is 1. The third-order valence-corrected chi connectivity index (χ3v) is 10.5. The molecule has 1 aliphatic carbocycles. The van der Waals surface area contributed by atoms with Crippen LogP contribution in [0.1, 0.15) is 31.7 Å². The average Bonchev–Trinajstić information content (AvgIpc) is 3.76. The van der Waals surface area contributed by atoms with Gasteiger partial charge in [0, 0.05) is 35.0 Å². The van der Waals surface area contributed by atoms with Gasteiger partial charge in [-0.15, -0.1) is 0 Å². The second kappa shape index (κ2) is 12.7. The van der Waals surface area contributed by atoms with Gasteiger partial charge in [0.15, 0.2) is 0 Å². The van der Waals surface area contributed by atoms with E-state index in [0.717, 1.165) is 25.9 Å². The zero-order chi connectivity index (χ0) is 29.9. The average molecular weight is 611 g/mol. The molecule has 3 nitrogen and oxygen atoms in total. The molecular formula is C39H36N3S2+. The minimum Gasteiger partial charge on any atom is -0.335 e. The van der Waals surface area contributed by atoms with E-state index in [1.165, 1.54) is 59.1 Å². The van der Waals surface area contributed by atoms with Crippen molar-refractivity contribution >= 4 is 56.5 Å². The summed E-state index contributed by atoms with van der Waals surface area (Å²) in [6.07, 6.45) is 11.4. The van der Waals surface area contributed by atoms with Crippen LogP contribution >= 0.6 is 23.1 Å². The van der Waals surface area contributed by atoms with E-state index in [1.54, 1.807) is 0 Å². The fourth-order valence-corrected chi connectivity index (χ4v) is 8.49. The Hall–Kier alpha value is -4.32. The van der Waals surface area contributed by atoms with Gasteiger partial charge in [0.1, 0.15) is 11.2 Å². The van der Waals surface area contributed by atoms with E-state index in [-0.39, 0.29) is 0 Å². The minimum atomic E-state index is 0.947. The summed E-state index contributed by atoms with van der Waals surface area (Å²) >= 11 is 3.73. The molecule has 0 bridgehead atoms. The van der Waals surface area contributed by atoms with Crippen LogP contribution in [0.4, 0.5) is 17.1 Å². The zero-order valence-corrected chi connectivity index (χ0v) is 26.8. The first-order chi connectivity index (χ1) is 21.7. The molecule has 0 saturated carbocycles. The molecule has 5 heteroatoms. The smallest absolute Gasteiger partial charge is 0.262 e. The molecule has 0 atom stereocenters. The number of rotatable bonds is 8. The van der Waals surface area contributed by atoms with Crippen molar-refractivity contribution < 1.29 is 4.57 Å². The van der Waals surface area contributed by atoms with Crippen LogP contribution in [0.2, 0.25) is 0 Å². The van der Waals surface area contributed by atoms with E-state index in [2.05, 4.69) is 162 Å². The highest BCUT2D eigenvalue weighted by Gasteiger charge is 2.27. The Morgan fingerprint density at radius 2 is 1.43 bits per heavy atom. The van der Waals surface area contributed by atoms with Gasteiger partial charge in [0.25, 0.3) is 5.01 Å². The normalized spacial score (nSPS) is 16.6. The summed E-state index contributed by atoms with van der Waals surface area (Å²) in [6, 6.07) is 39.0. The molecule has 0 unspecified atom stereocenters. The molecule has 0 saturated heterocycles. The fourth-order valence-electron chi connectivity index (χ4n) is 6.24. The number of anilines is 3. The van der Waals surface area contributed by atoms with Crippen molar-refractivity contribution in [2.75, 3.05) is 16.3 Å². The van der Waals surface area contributed by atoms with Crippen LogP contribution in [-0.4, -0.2) is 6.54 Å². The van der Waals surface area contributed by atoms with E-state index < -0.39 is 0 Å². The first kappa shape index (κ1) is 28.5. The van der Waals surface area contributed by atoms with Gasteiger partial charge < -0.3 is 9.80 Å². The lowest BCUT2D eigenvalue weighted by atomic mass is 10.1. The van der Waals surface area contributed by atoms with Gasteiger partial charge in [-0.1, -0.05) is 89.8 Å². The van der Waals surface area contributed by atoms with Gasteiger partial charge >= 0.3 is 0 Å². The van der Waals surface area contributed by atoms with Crippen LogP contribution in [0.15, 0.2) is 154 Å². The first-order valence-corrected chi connectivity index (χ1v) is 17.1. The highest BCUT2D eigenvalue weighted by atomic mass is 32.2. The number of aryl methyl sites for hydroxylation is 1. The van der Waals surface area contributed by atoms with Gasteiger partial charge in [0.2, 0.25) is 5.52 Å². The van der Waals surface area contributed by atoms with Crippen LogP contribution in [0.5, 0.6) is 0 Å². The second-order valence-electron chi connectivity index (χ2n) is 10.9. The number of benzene rings is 4. The molecule has 0 fully saturated rings. The molecule has 1 aromatic heterocycles. The quantitative estimate of drug-likeness (QED) is 0.162. The second-order valence-corrected chi connectivity index (χ2v) is 13.0. The maximum Gasteiger partial charge on any atom is 0.262 e. The Bertz CT molecular complexity index is 1880. The van der Waals surface area contributed by atoms with E-state index in [4.69, 9.17) is 0 Å². The number of hydrogen-bond donors (Lipinski definition) is 0. The first-order valence-electron chi connectivity index (χ1n) is 15.4. The number of thioether (sulfide) groups is 1. The predicted molar refractivity (Wildman–Crippen MR) is 189 cm³/mol. The SMILES string of the molecule is CCN1/C(=C/C=C2\CCC(/C=C/c3sc4ccccc4[n+]3CC)=C2N(c2ccccc2)c2ccccc2)Sc2ccccc21. The Balaban J connectivity index is 1.36. The van der Waals surface area contributed by atoms with Crippen molar-refractivity contribution in [2.24, 2.45) is 0 Å². The summed E-state index contributed by atoms with van der Waals surface area (Å²) in [5, 5.41) is 2.56. The summed E-state index contributed by atoms with van der Waals surface area (Å²) in [6.45, 7) is 6.36. The summed E-state index contributed by atoms with van der Waals surface area (Å²) in [5.41, 5.74) is 8.95. The number of nitrogens with zero attached hydrogens (tertiary/aromatic N) is 3. The third-order valence-electron chi connectivity index (χ3n) is 8.28. The van der Waals surface area contributed by atoms with Crippen molar-refractivity contribution in [2.45, 2.75) is 38.1 Å². The summed E-state index contributed by atoms with van der Waals surface area (Å²) in [7, 11) is 0. The molecule has 5 aromatic rings. The highest BCUT2D eigenvalue weighted by Crippen LogP contribution is 2.46. The Morgan fingerprint density at radius 3 is 2.16 bits per heavy atom. The van der Waals surface area contributed by atoms with Crippen LogP contribution in [0.3, 0.4) is 0 Å². The summed E-state index contributed by atoms with van der Waals surface area (Å²) < 4.78 is 3.75. The molecular weight excluding hydrogens is 575 g/mol. The fraction of sp³-hybridized carbons (Fsp3) is 0.154. The van der Waals surface area contributed by atoms with E-state index in [9.17, 15) is 0 Å². The van der Waals surface area contributed by atoms with Crippen molar-refractivity contribution in [1.82, 2.24) is 0 Å². The number of hydrogen-bond acceptors (Lipinski definition) is 4. The lowest BCUT2D eigenvalue weighted by molar-refractivity contribution is -0.665.